The van der Waals surface area contributed by atoms with Crippen molar-refractivity contribution < 1.29 is 4.79 Å². The van der Waals surface area contributed by atoms with Crippen LogP contribution in [0.4, 0.5) is 0 Å². The van der Waals surface area contributed by atoms with E-state index in [9.17, 15) is 4.79 Å². The second-order valence-electron chi connectivity index (χ2n) is 5.77. The van der Waals surface area contributed by atoms with E-state index in [0.29, 0.717) is 17.6 Å². The molecule has 0 aromatic carbocycles. The van der Waals surface area contributed by atoms with Crippen LogP contribution >= 0.6 is 15.9 Å². The highest BCUT2D eigenvalue weighted by Crippen LogP contribution is 2.82. The Bertz CT molecular complexity index is 352. The Kier molecular flexibility index (Phi) is 0.790. The van der Waals surface area contributed by atoms with Crippen molar-refractivity contribution in [2.75, 3.05) is 0 Å². The zero-order chi connectivity index (χ0) is 8.48. The lowest BCUT2D eigenvalue weighted by atomic mass is 9.59. The minimum absolute atomic E-state index is 0.513. The van der Waals surface area contributed by atoms with Gasteiger partial charge in [0.05, 0.1) is 0 Å². The maximum absolute atomic E-state index is 12.0. The molecular formula is C11H11BrO. The van der Waals surface area contributed by atoms with Gasteiger partial charge in [-0.05, 0) is 41.9 Å². The molecule has 2 bridgehead atoms. The number of rotatable bonds is 0. The smallest absolute Gasteiger partial charge is 0.140 e. The molecule has 0 spiro atoms. The zero-order valence-electron chi connectivity index (χ0n) is 7.19. The molecule has 5 aliphatic carbocycles. The first-order valence-corrected chi connectivity index (χ1v) is 6.40. The molecule has 5 saturated carbocycles. The number of halogens is 1. The minimum Gasteiger partial charge on any atom is -0.299 e. The highest BCUT2D eigenvalue weighted by molar-refractivity contribution is 9.09. The van der Waals surface area contributed by atoms with Gasteiger partial charge >= 0.3 is 0 Å². The van der Waals surface area contributed by atoms with Gasteiger partial charge in [-0.1, -0.05) is 15.9 Å². The molecule has 5 rings (SSSR count). The highest BCUT2D eigenvalue weighted by atomic mass is 79.9. The maximum Gasteiger partial charge on any atom is 0.140 e. The lowest BCUT2D eigenvalue weighted by molar-refractivity contribution is -0.132. The summed E-state index contributed by atoms with van der Waals surface area (Å²) < 4.78 is 0. The molecule has 0 N–H and O–H groups in total. The number of Topliss-reactive ketones (excluding diaryl/α,β-unsaturated/α-hetero) is 1. The number of fused-ring (bicyclic) bond motifs is 2. The van der Waals surface area contributed by atoms with E-state index in [1.54, 1.807) is 0 Å². The second kappa shape index (κ2) is 1.56. The number of carbonyl (C=O) groups is 1. The van der Waals surface area contributed by atoms with Crippen molar-refractivity contribution in [3.8, 4) is 0 Å². The number of alkyl halides is 1. The molecule has 0 amide bonds. The molecule has 1 nitrogen and oxygen atoms in total. The Balaban J connectivity index is 1.87. The third-order valence-corrected chi connectivity index (χ3v) is 7.24. The predicted octanol–water partition coefficient (Wildman–Crippen LogP) is 1.71. The Hall–Kier alpha value is 0.150. The molecule has 0 heterocycles. The molecule has 13 heavy (non-hydrogen) atoms. The SMILES string of the molecule is O=C1C2C3C4C2[C@@H]2C[C@H]4C(C12)[C@@H]3Br. The monoisotopic (exact) mass is 238 g/mol. The summed E-state index contributed by atoms with van der Waals surface area (Å²) in [5.74, 6) is 6.90. The van der Waals surface area contributed by atoms with Crippen LogP contribution in [0.5, 0.6) is 0 Å². The van der Waals surface area contributed by atoms with Gasteiger partial charge in [0.25, 0.3) is 0 Å². The molecule has 0 aromatic rings. The molecule has 68 valence electrons. The summed E-state index contributed by atoms with van der Waals surface area (Å²) in [7, 11) is 0. The van der Waals surface area contributed by atoms with E-state index in [1.807, 2.05) is 0 Å². The van der Waals surface area contributed by atoms with Crippen molar-refractivity contribution >= 4 is 21.7 Å². The van der Waals surface area contributed by atoms with Gasteiger partial charge in [0.2, 0.25) is 0 Å². The normalized spacial score (nSPS) is 79.8. The summed E-state index contributed by atoms with van der Waals surface area (Å²) >= 11 is 3.86. The zero-order valence-corrected chi connectivity index (χ0v) is 8.78. The second-order valence-corrected chi connectivity index (χ2v) is 6.83. The molecule has 5 fully saturated rings. The third-order valence-electron chi connectivity index (χ3n) is 6.01. The molecule has 6 unspecified atom stereocenters. The first-order chi connectivity index (χ1) is 6.30. The van der Waals surface area contributed by atoms with Crippen molar-refractivity contribution in [2.24, 2.45) is 47.3 Å². The molecule has 9 atom stereocenters. The van der Waals surface area contributed by atoms with Crippen LogP contribution in [0.3, 0.4) is 0 Å². The standard InChI is InChI=1S/C11H11BrO/c12-10-6-2-1-3-5-4(2)8(10)9(5)11(13)7(3)6/h2-10H,1H2/t2-,3+,4?,5?,6?,7?,8?,9?,10+/m1/s1. The minimum atomic E-state index is 0.513. The summed E-state index contributed by atoms with van der Waals surface area (Å²) in [6.45, 7) is 0. The fourth-order valence-corrected chi connectivity index (χ4v) is 7.45. The van der Waals surface area contributed by atoms with E-state index in [1.165, 1.54) is 6.42 Å². The van der Waals surface area contributed by atoms with E-state index in [4.69, 9.17) is 0 Å². The summed E-state index contributed by atoms with van der Waals surface area (Å²) in [6.07, 6.45) is 1.41. The van der Waals surface area contributed by atoms with Gasteiger partial charge in [0, 0.05) is 16.7 Å². The van der Waals surface area contributed by atoms with E-state index in [0.717, 1.165) is 40.3 Å². The summed E-state index contributed by atoms with van der Waals surface area (Å²) in [4.78, 5) is 12.7. The predicted molar refractivity (Wildman–Crippen MR) is 50.3 cm³/mol. The average Bonchev–Trinajstić information content (AvgIpc) is 2.52. The summed E-state index contributed by atoms with van der Waals surface area (Å²) in [5.41, 5.74) is 0. The Morgan fingerprint density at radius 1 is 1.00 bits per heavy atom. The topological polar surface area (TPSA) is 17.1 Å². The van der Waals surface area contributed by atoms with Crippen LogP contribution in [0.2, 0.25) is 0 Å². The largest absolute Gasteiger partial charge is 0.299 e. The lowest BCUT2D eigenvalue weighted by Crippen LogP contribution is -2.48. The number of hydrogen-bond acceptors (Lipinski definition) is 1. The first-order valence-electron chi connectivity index (χ1n) is 5.48. The van der Waals surface area contributed by atoms with Gasteiger partial charge in [0.15, 0.2) is 0 Å². The van der Waals surface area contributed by atoms with Crippen molar-refractivity contribution in [2.45, 2.75) is 11.2 Å². The molecule has 0 aromatic heterocycles. The van der Waals surface area contributed by atoms with Crippen LogP contribution in [0.1, 0.15) is 6.42 Å². The summed E-state index contributed by atoms with van der Waals surface area (Å²) in [5, 5.41) is 0. The van der Waals surface area contributed by atoms with Crippen LogP contribution in [0.15, 0.2) is 0 Å². The van der Waals surface area contributed by atoms with Crippen molar-refractivity contribution in [1.82, 2.24) is 0 Å². The number of ketones is 1. The fraction of sp³-hybridized carbons (Fsp3) is 0.909. The third kappa shape index (κ3) is 0.397. The molecular weight excluding hydrogens is 228 g/mol. The van der Waals surface area contributed by atoms with E-state index >= 15 is 0 Å². The molecule has 0 radical (unpaired) electrons. The van der Waals surface area contributed by atoms with Crippen LogP contribution in [-0.2, 0) is 4.79 Å². The van der Waals surface area contributed by atoms with Crippen molar-refractivity contribution in [3.63, 3.8) is 0 Å². The van der Waals surface area contributed by atoms with Crippen LogP contribution in [0.25, 0.3) is 0 Å². The molecule has 0 saturated heterocycles. The van der Waals surface area contributed by atoms with Gasteiger partial charge in [0.1, 0.15) is 5.78 Å². The Morgan fingerprint density at radius 2 is 1.85 bits per heavy atom. The lowest BCUT2D eigenvalue weighted by Gasteiger charge is -2.45. The van der Waals surface area contributed by atoms with Gasteiger partial charge in [-0.15, -0.1) is 0 Å². The first kappa shape index (κ1) is 6.60. The van der Waals surface area contributed by atoms with Gasteiger partial charge in [-0.2, -0.15) is 0 Å². The van der Waals surface area contributed by atoms with E-state index in [-0.39, 0.29) is 0 Å². The Morgan fingerprint density at radius 3 is 2.69 bits per heavy atom. The van der Waals surface area contributed by atoms with Crippen molar-refractivity contribution in [1.29, 1.82) is 0 Å². The van der Waals surface area contributed by atoms with Gasteiger partial charge < -0.3 is 0 Å². The summed E-state index contributed by atoms with van der Waals surface area (Å²) in [6, 6.07) is 0. The number of hydrogen-bond donors (Lipinski definition) is 0. The van der Waals surface area contributed by atoms with Crippen LogP contribution in [-0.4, -0.2) is 10.6 Å². The molecule has 2 heteroatoms. The van der Waals surface area contributed by atoms with Crippen molar-refractivity contribution in [3.05, 3.63) is 0 Å². The van der Waals surface area contributed by atoms with Gasteiger partial charge in [-0.25, -0.2) is 0 Å². The van der Waals surface area contributed by atoms with Crippen LogP contribution in [0, 0.1) is 47.3 Å². The Labute approximate surface area is 85.4 Å². The van der Waals surface area contributed by atoms with Gasteiger partial charge in [-0.3, -0.25) is 4.79 Å². The van der Waals surface area contributed by atoms with Crippen LogP contribution < -0.4 is 0 Å². The fourth-order valence-electron chi connectivity index (χ4n) is 6.05. The maximum atomic E-state index is 12.0. The molecule has 0 aliphatic heterocycles. The molecule has 5 aliphatic rings. The highest BCUT2D eigenvalue weighted by Gasteiger charge is 2.83. The average molecular weight is 239 g/mol. The van der Waals surface area contributed by atoms with E-state index < -0.39 is 0 Å². The number of carbonyl (C=O) groups excluding carboxylic acids is 1. The quantitative estimate of drug-likeness (QED) is 0.588. The van der Waals surface area contributed by atoms with E-state index in [2.05, 4.69) is 15.9 Å².